The van der Waals surface area contributed by atoms with Gasteiger partial charge in [-0.25, -0.2) is 0 Å². The van der Waals surface area contributed by atoms with Gasteiger partial charge in [-0.2, -0.15) is 0 Å². The molecule has 0 amide bonds. The Kier molecular flexibility index (Phi) is 1.93. The van der Waals surface area contributed by atoms with Crippen molar-refractivity contribution < 1.29 is 5.32 Å². The van der Waals surface area contributed by atoms with Gasteiger partial charge in [-0.3, -0.25) is 5.32 Å². The molecule has 86 valence electrons. The van der Waals surface area contributed by atoms with E-state index in [1.165, 1.54) is 33.4 Å². The molecule has 3 N–H and O–H groups in total. The molecule has 0 bridgehead atoms. The number of para-hydroxylation sites is 2. The van der Waals surface area contributed by atoms with E-state index in [9.17, 15) is 0 Å². The number of hydrogen-bond acceptors (Lipinski definition) is 0. The van der Waals surface area contributed by atoms with Crippen molar-refractivity contribution in [1.82, 2.24) is 4.98 Å². The number of hydrogen-bond donors (Lipinski definition) is 2. The number of aromatic amines is 1. The zero-order valence-electron chi connectivity index (χ0n) is 9.85. The molecule has 0 unspecified atom stereocenters. The molecule has 0 aliphatic carbocycles. The van der Waals surface area contributed by atoms with Gasteiger partial charge in [0.15, 0.2) is 0 Å². The second-order valence-corrected chi connectivity index (χ2v) is 4.60. The zero-order valence-corrected chi connectivity index (χ0v) is 9.85. The summed E-state index contributed by atoms with van der Waals surface area (Å²) in [6, 6.07) is 19.1. The van der Waals surface area contributed by atoms with Crippen LogP contribution in [0.15, 0.2) is 60.8 Å². The van der Waals surface area contributed by atoms with Gasteiger partial charge in [0.05, 0.1) is 16.8 Å². The third-order valence-corrected chi connectivity index (χ3v) is 3.50. The Hall–Kier alpha value is -2.32. The Labute approximate surface area is 105 Å². The van der Waals surface area contributed by atoms with Gasteiger partial charge in [0, 0.05) is 17.0 Å². The highest BCUT2D eigenvalue weighted by Crippen LogP contribution is 2.30. The Bertz CT molecular complexity index is 732. The number of fused-ring (bicyclic) bond motifs is 2. The molecule has 1 aliphatic heterocycles. The van der Waals surface area contributed by atoms with Crippen LogP contribution >= 0.6 is 0 Å². The van der Waals surface area contributed by atoms with Crippen LogP contribution in [0.4, 0.5) is 5.69 Å². The maximum atomic E-state index is 3.49. The predicted molar refractivity (Wildman–Crippen MR) is 73.4 cm³/mol. The van der Waals surface area contributed by atoms with E-state index in [0.717, 1.165) is 0 Å². The molecule has 0 saturated heterocycles. The van der Waals surface area contributed by atoms with Crippen molar-refractivity contribution in [1.29, 1.82) is 0 Å². The lowest BCUT2D eigenvalue weighted by atomic mass is 10.0. The first-order valence-corrected chi connectivity index (χ1v) is 6.14. The summed E-state index contributed by atoms with van der Waals surface area (Å²) in [5.41, 5.74) is 6.27. The fraction of sp³-hybridized carbons (Fsp3) is 0. The minimum absolute atomic E-state index is 1.19. The minimum Gasteiger partial charge on any atom is -0.354 e. The van der Waals surface area contributed by atoms with Crippen molar-refractivity contribution in [2.24, 2.45) is 0 Å². The van der Waals surface area contributed by atoms with Crippen LogP contribution in [0.2, 0.25) is 0 Å². The highest BCUT2D eigenvalue weighted by Gasteiger charge is 2.20. The third kappa shape index (κ3) is 1.33. The van der Waals surface area contributed by atoms with Gasteiger partial charge in [0.2, 0.25) is 0 Å². The van der Waals surface area contributed by atoms with Crippen LogP contribution in [-0.4, -0.2) is 4.98 Å². The highest BCUT2D eigenvalue weighted by molar-refractivity contribution is 5.90. The monoisotopic (exact) mass is 233 g/mol. The van der Waals surface area contributed by atoms with Crippen LogP contribution in [0.1, 0.15) is 11.3 Å². The largest absolute Gasteiger partial charge is 0.354 e. The third-order valence-electron chi connectivity index (χ3n) is 3.50. The van der Waals surface area contributed by atoms with Crippen LogP contribution < -0.4 is 5.32 Å². The lowest BCUT2D eigenvalue weighted by molar-refractivity contribution is -0.491. The van der Waals surface area contributed by atoms with Crippen LogP contribution in [0.5, 0.6) is 0 Å². The molecule has 0 saturated carbocycles. The molecule has 18 heavy (non-hydrogen) atoms. The van der Waals surface area contributed by atoms with E-state index < -0.39 is 0 Å². The van der Waals surface area contributed by atoms with Gasteiger partial charge in [-0.1, -0.05) is 30.3 Å². The van der Waals surface area contributed by atoms with Gasteiger partial charge in [0.25, 0.3) is 0 Å². The van der Waals surface area contributed by atoms with Crippen molar-refractivity contribution >= 4 is 22.2 Å². The van der Waals surface area contributed by atoms with E-state index in [0.29, 0.717) is 0 Å². The van der Waals surface area contributed by atoms with E-state index in [4.69, 9.17) is 0 Å². The lowest BCUT2D eigenvalue weighted by Crippen LogP contribution is -2.69. The van der Waals surface area contributed by atoms with Crippen molar-refractivity contribution in [2.45, 2.75) is 0 Å². The second kappa shape index (κ2) is 3.59. The molecule has 2 heteroatoms. The maximum Gasteiger partial charge on any atom is 0.142 e. The van der Waals surface area contributed by atoms with Gasteiger partial charge < -0.3 is 4.98 Å². The van der Waals surface area contributed by atoms with Crippen molar-refractivity contribution in [3.05, 3.63) is 72.1 Å². The topological polar surface area (TPSA) is 32.4 Å². The van der Waals surface area contributed by atoms with E-state index in [1.807, 2.05) is 0 Å². The molecule has 0 radical (unpaired) electrons. The Morgan fingerprint density at radius 1 is 0.889 bits per heavy atom. The van der Waals surface area contributed by atoms with E-state index in [1.54, 1.807) is 0 Å². The normalized spacial score (nSPS) is 13.7. The molecule has 1 aromatic heterocycles. The molecule has 3 aromatic rings. The van der Waals surface area contributed by atoms with Gasteiger partial charge in [-0.15, -0.1) is 0 Å². The molecule has 2 heterocycles. The molecule has 0 spiro atoms. The summed E-state index contributed by atoms with van der Waals surface area (Å²) in [6.07, 6.45) is 2.19. The van der Waals surface area contributed by atoms with E-state index in [2.05, 4.69) is 71.1 Å². The first kappa shape index (κ1) is 9.68. The first-order valence-electron chi connectivity index (χ1n) is 6.14. The number of H-pyrrole nitrogens is 1. The zero-order chi connectivity index (χ0) is 11.9. The fourth-order valence-electron chi connectivity index (χ4n) is 2.60. The van der Waals surface area contributed by atoms with Crippen LogP contribution in [0, 0.1) is 0 Å². The molecule has 1 aliphatic rings. The maximum absolute atomic E-state index is 3.49. The standard InChI is InChI=1S/C16H12N2/c1-3-7-14-11(5-1)9-16(18-14)13-10-17-15-8-4-2-6-12(13)15/h1-10,17-18H/p+1. The highest BCUT2D eigenvalue weighted by atomic mass is 14.9. The van der Waals surface area contributed by atoms with Crippen molar-refractivity contribution in [3.63, 3.8) is 0 Å². The predicted octanol–water partition coefficient (Wildman–Crippen LogP) is 2.77. The summed E-state index contributed by atoms with van der Waals surface area (Å²) in [5.74, 6) is 0. The SMILES string of the molecule is C1=C(c2cc3ccccc3[nH]2)c2ccccc2[NH2+]1. The Balaban J connectivity index is 1.89. The van der Waals surface area contributed by atoms with Crippen molar-refractivity contribution in [2.75, 3.05) is 0 Å². The summed E-state index contributed by atoms with van der Waals surface area (Å²) in [4.78, 5) is 3.49. The quantitative estimate of drug-likeness (QED) is 0.606. The molecular weight excluding hydrogens is 220 g/mol. The number of quaternary nitrogens is 1. The summed E-state index contributed by atoms with van der Waals surface area (Å²) >= 11 is 0. The number of rotatable bonds is 1. The first-order chi connectivity index (χ1) is 8.92. The minimum atomic E-state index is 1.19. The lowest BCUT2D eigenvalue weighted by Gasteiger charge is -1.98. The number of nitrogens with two attached hydrogens (primary N) is 1. The molecule has 0 fully saturated rings. The van der Waals surface area contributed by atoms with Crippen molar-refractivity contribution in [3.8, 4) is 0 Å². The molecule has 0 atom stereocenters. The van der Waals surface area contributed by atoms with Gasteiger partial charge >= 0.3 is 0 Å². The number of nitrogens with one attached hydrogen (secondary N) is 1. The summed E-state index contributed by atoms with van der Waals surface area (Å²) in [5, 5.41) is 3.44. The molecule has 4 rings (SSSR count). The second-order valence-electron chi connectivity index (χ2n) is 4.60. The van der Waals surface area contributed by atoms with Gasteiger partial charge in [0.1, 0.15) is 11.9 Å². The molecule has 2 aromatic carbocycles. The van der Waals surface area contributed by atoms with Crippen LogP contribution in [-0.2, 0) is 0 Å². The Morgan fingerprint density at radius 2 is 1.72 bits per heavy atom. The summed E-state index contributed by atoms with van der Waals surface area (Å²) in [6.45, 7) is 0. The van der Waals surface area contributed by atoms with Crippen LogP contribution in [0.25, 0.3) is 16.5 Å². The molecule has 2 nitrogen and oxygen atoms in total. The summed E-state index contributed by atoms with van der Waals surface area (Å²) < 4.78 is 0. The van der Waals surface area contributed by atoms with Gasteiger partial charge in [-0.05, 0) is 18.2 Å². The fourth-order valence-corrected chi connectivity index (χ4v) is 2.60. The average Bonchev–Trinajstić information content (AvgIpc) is 3.02. The smallest absolute Gasteiger partial charge is 0.142 e. The Morgan fingerprint density at radius 3 is 2.67 bits per heavy atom. The summed E-state index contributed by atoms with van der Waals surface area (Å²) in [7, 11) is 0. The van der Waals surface area contributed by atoms with E-state index >= 15 is 0 Å². The molecular formula is C16H13N2+. The van der Waals surface area contributed by atoms with E-state index in [-0.39, 0.29) is 0 Å². The van der Waals surface area contributed by atoms with Crippen LogP contribution in [0.3, 0.4) is 0 Å². The average molecular weight is 233 g/mol. The number of benzene rings is 2. The number of aromatic nitrogens is 1.